The summed E-state index contributed by atoms with van der Waals surface area (Å²) in [6.45, 7) is 1.41. The number of thiazole rings is 1. The second-order valence-electron chi connectivity index (χ2n) is 6.49. The highest BCUT2D eigenvalue weighted by molar-refractivity contribution is 7.07. The van der Waals surface area contributed by atoms with E-state index in [2.05, 4.69) is 5.32 Å². The van der Waals surface area contributed by atoms with Gasteiger partial charge in [-0.05, 0) is 36.2 Å². The molecule has 1 amide bonds. The number of ether oxygens (including phenoxy) is 2. The van der Waals surface area contributed by atoms with Gasteiger partial charge in [0, 0.05) is 25.0 Å². The number of nitrogens with zero attached hydrogens (tertiary/aromatic N) is 2. The van der Waals surface area contributed by atoms with Gasteiger partial charge in [0.1, 0.15) is 5.69 Å². The molecule has 0 saturated heterocycles. The molecule has 0 unspecified atom stereocenters. The van der Waals surface area contributed by atoms with Gasteiger partial charge >= 0.3 is 0 Å². The number of carbonyl (C=O) groups is 1. The molecule has 3 rings (SSSR count). The van der Waals surface area contributed by atoms with E-state index >= 15 is 0 Å². The first kappa shape index (κ1) is 21.6. The molecule has 0 fully saturated rings. The lowest BCUT2D eigenvalue weighted by Gasteiger charge is -2.12. The first-order valence-electron chi connectivity index (χ1n) is 9.63. The molecule has 3 aromatic rings. The maximum absolute atomic E-state index is 12.6. The van der Waals surface area contributed by atoms with Gasteiger partial charge in [0.2, 0.25) is 0 Å². The molecule has 2 aromatic carbocycles. The molecule has 0 radical (unpaired) electrons. The van der Waals surface area contributed by atoms with E-state index in [1.807, 2.05) is 58.5 Å². The summed E-state index contributed by atoms with van der Waals surface area (Å²) >= 11 is 1.44. The third-order valence-corrected chi connectivity index (χ3v) is 5.38. The Bertz CT molecular complexity index is 1040. The Balaban J connectivity index is 1.92. The van der Waals surface area contributed by atoms with Crippen molar-refractivity contribution in [1.82, 2.24) is 9.88 Å². The van der Waals surface area contributed by atoms with E-state index in [-0.39, 0.29) is 5.91 Å². The molecule has 1 heterocycles. The highest BCUT2D eigenvalue weighted by Crippen LogP contribution is 2.27. The number of hydrogen-bond donors (Lipinski definition) is 2. The minimum absolute atomic E-state index is 0.154. The monoisotopic (exact) mass is 426 g/mol. The fraction of sp³-hybridized carbons (Fsp3) is 0.273. The number of aromatic nitrogens is 1. The van der Waals surface area contributed by atoms with Crippen molar-refractivity contribution < 1.29 is 14.3 Å². The number of nitrogens with one attached hydrogen (secondary N) is 1. The second-order valence-corrected chi connectivity index (χ2v) is 7.32. The van der Waals surface area contributed by atoms with Crippen molar-refractivity contribution in [1.29, 1.82) is 0 Å². The summed E-state index contributed by atoms with van der Waals surface area (Å²) in [4.78, 5) is 18.1. The molecule has 7 nitrogen and oxygen atoms in total. The van der Waals surface area contributed by atoms with Gasteiger partial charge < -0.3 is 25.1 Å². The van der Waals surface area contributed by atoms with Gasteiger partial charge in [0.05, 0.1) is 19.9 Å². The van der Waals surface area contributed by atoms with Crippen molar-refractivity contribution in [3.05, 3.63) is 70.0 Å². The fourth-order valence-electron chi connectivity index (χ4n) is 2.98. The van der Waals surface area contributed by atoms with Crippen LogP contribution < -0.4 is 25.3 Å². The summed E-state index contributed by atoms with van der Waals surface area (Å²) in [6, 6.07) is 15.5. The lowest BCUT2D eigenvalue weighted by atomic mass is 10.1. The lowest BCUT2D eigenvalue weighted by Crippen LogP contribution is -2.32. The van der Waals surface area contributed by atoms with Gasteiger partial charge in [-0.25, -0.2) is 4.99 Å². The number of rotatable bonds is 9. The van der Waals surface area contributed by atoms with E-state index in [0.29, 0.717) is 43.2 Å². The Morgan fingerprint density at radius 2 is 1.90 bits per heavy atom. The van der Waals surface area contributed by atoms with E-state index in [1.54, 1.807) is 14.2 Å². The number of para-hydroxylation sites is 1. The predicted molar refractivity (Wildman–Crippen MR) is 119 cm³/mol. The van der Waals surface area contributed by atoms with Crippen molar-refractivity contribution in [3.63, 3.8) is 0 Å². The fourth-order valence-corrected chi connectivity index (χ4v) is 3.91. The molecule has 0 aliphatic rings. The van der Waals surface area contributed by atoms with Gasteiger partial charge in [0.25, 0.3) is 5.91 Å². The van der Waals surface area contributed by atoms with Crippen LogP contribution in [0.15, 0.2) is 58.9 Å². The summed E-state index contributed by atoms with van der Waals surface area (Å²) in [7, 11) is 3.23. The third kappa shape index (κ3) is 5.28. The normalized spacial score (nSPS) is 11.4. The van der Waals surface area contributed by atoms with Gasteiger partial charge in [-0.1, -0.05) is 24.3 Å². The predicted octanol–water partition coefficient (Wildman–Crippen LogP) is 2.73. The zero-order valence-corrected chi connectivity index (χ0v) is 17.9. The molecule has 30 heavy (non-hydrogen) atoms. The molecule has 1 aromatic heterocycles. The Labute approximate surface area is 179 Å². The molecule has 0 spiro atoms. The molecule has 0 aliphatic carbocycles. The van der Waals surface area contributed by atoms with Crippen LogP contribution in [0.5, 0.6) is 11.5 Å². The van der Waals surface area contributed by atoms with Crippen LogP contribution in [0, 0.1) is 0 Å². The van der Waals surface area contributed by atoms with Crippen molar-refractivity contribution >= 4 is 22.9 Å². The van der Waals surface area contributed by atoms with Crippen LogP contribution in [-0.2, 0) is 13.0 Å². The van der Waals surface area contributed by atoms with E-state index < -0.39 is 0 Å². The van der Waals surface area contributed by atoms with E-state index in [9.17, 15) is 4.79 Å². The molecule has 3 N–H and O–H groups in total. The third-order valence-electron chi connectivity index (χ3n) is 4.51. The quantitative estimate of drug-likeness (QED) is 0.550. The SMILES string of the molecule is COc1ccc(CCn2c(C(=O)NCCN)cs/c2=N\c2ccccc2)cc1OC. The molecular formula is C22H26N4O3S. The van der Waals surface area contributed by atoms with Crippen LogP contribution in [0.25, 0.3) is 0 Å². The first-order chi connectivity index (χ1) is 14.7. The zero-order chi connectivity index (χ0) is 21.3. The Hall–Kier alpha value is -3.10. The average Bonchev–Trinajstić information content (AvgIpc) is 3.18. The number of methoxy groups -OCH3 is 2. The lowest BCUT2D eigenvalue weighted by molar-refractivity contribution is 0.0945. The van der Waals surface area contributed by atoms with E-state index in [4.69, 9.17) is 20.2 Å². The van der Waals surface area contributed by atoms with Crippen LogP contribution in [0.4, 0.5) is 5.69 Å². The van der Waals surface area contributed by atoms with Crippen LogP contribution in [-0.4, -0.2) is 37.8 Å². The summed E-state index contributed by atoms with van der Waals surface area (Å²) in [5.41, 5.74) is 8.01. The van der Waals surface area contributed by atoms with Crippen LogP contribution in [0.3, 0.4) is 0 Å². The van der Waals surface area contributed by atoms with Crippen LogP contribution >= 0.6 is 11.3 Å². The highest BCUT2D eigenvalue weighted by Gasteiger charge is 2.14. The van der Waals surface area contributed by atoms with Gasteiger partial charge in [-0.3, -0.25) is 4.79 Å². The van der Waals surface area contributed by atoms with Crippen LogP contribution in [0.1, 0.15) is 16.1 Å². The smallest absolute Gasteiger partial charge is 0.268 e. The highest BCUT2D eigenvalue weighted by atomic mass is 32.1. The molecule has 158 valence electrons. The molecule has 0 aliphatic heterocycles. The van der Waals surface area contributed by atoms with E-state index in [0.717, 1.165) is 16.1 Å². The molecule has 0 bridgehead atoms. The largest absolute Gasteiger partial charge is 0.493 e. The van der Waals surface area contributed by atoms with Crippen molar-refractivity contribution in [3.8, 4) is 11.5 Å². The summed E-state index contributed by atoms with van der Waals surface area (Å²) in [5.74, 6) is 1.21. The van der Waals surface area contributed by atoms with Gasteiger partial charge in [0.15, 0.2) is 16.3 Å². The minimum atomic E-state index is -0.154. The number of nitrogens with two attached hydrogens (primary N) is 1. The Morgan fingerprint density at radius 1 is 1.13 bits per heavy atom. The summed E-state index contributed by atoms with van der Waals surface area (Å²) in [5, 5.41) is 4.68. The Morgan fingerprint density at radius 3 is 2.60 bits per heavy atom. The average molecular weight is 427 g/mol. The van der Waals surface area contributed by atoms with Gasteiger partial charge in [-0.15, -0.1) is 11.3 Å². The number of amides is 1. The first-order valence-corrected chi connectivity index (χ1v) is 10.5. The molecule has 0 saturated carbocycles. The van der Waals surface area contributed by atoms with Crippen molar-refractivity contribution in [2.45, 2.75) is 13.0 Å². The topological polar surface area (TPSA) is 90.9 Å². The molecule has 0 atom stereocenters. The van der Waals surface area contributed by atoms with Crippen molar-refractivity contribution in [2.75, 3.05) is 27.3 Å². The number of carbonyl (C=O) groups excluding carboxylic acids is 1. The standard InChI is InChI=1S/C22H26N4O3S/c1-28-19-9-8-16(14-20(19)29-2)10-13-26-18(21(27)24-12-11-23)15-30-22(26)25-17-6-4-3-5-7-17/h3-9,14-15H,10-13,23H2,1-2H3,(H,24,27)/b25-22-. The minimum Gasteiger partial charge on any atom is -0.493 e. The number of benzene rings is 2. The maximum Gasteiger partial charge on any atom is 0.268 e. The molecule has 8 heteroatoms. The maximum atomic E-state index is 12.6. The van der Waals surface area contributed by atoms with Crippen LogP contribution in [0.2, 0.25) is 0 Å². The summed E-state index contributed by atoms with van der Waals surface area (Å²) in [6.07, 6.45) is 0.705. The summed E-state index contributed by atoms with van der Waals surface area (Å²) < 4.78 is 12.7. The zero-order valence-electron chi connectivity index (χ0n) is 17.1. The van der Waals surface area contributed by atoms with Crippen molar-refractivity contribution in [2.24, 2.45) is 10.7 Å². The second kappa shape index (κ2) is 10.6. The molecular weight excluding hydrogens is 400 g/mol. The number of hydrogen-bond acceptors (Lipinski definition) is 6. The Kier molecular flexibility index (Phi) is 7.64. The van der Waals surface area contributed by atoms with E-state index in [1.165, 1.54) is 11.3 Å². The number of aryl methyl sites for hydroxylation is 1. The van der Waals surface area contributed by atoms with Gasteiger partial charge in [-0.2, -0.15) is 0 Å².